The van der Waals surface area contributed by atoms with Gasteiger partial charge in [-0.15, -0.1) is 0 Å². The lowest BCUT2D eigenvalue weighted by Crippen LogP contribution is -2.00. The van der Waals surface area contributed by atoms with Crippen molar-refractivity contribution < 1.29 is 4.74 Å². The Morgan fingerprint density at radius 2 is 1.20 bits per heavy atom. The number of hydrogen-bond acceptors (Lipinski definition) is 3. The van der Waals surface area contributed by atoms with Crippen molar-refractivity contribution in [3.05, 3.63) is 24.7 Å². The van der Waals surface area contributed by atoms with E-state index in [-0.39, 0.29) is 0 Å². The van der Waals surface area contributed by atoms with Crippen LogP contribution in [0.2, 0.25) is 0 Å². The van der Waals surface area contributed by atoms with Crippen LogP contribution in [0.15, 0.2) is 24.7 Å². The summed E-state index contributed by atoms with van der Waals surface area (Å²) in [6, 6.07) is 0. The van der Waals surface area contributed by atoms with E-state index in [0.717, 1.165) is 63.1 Å². The summed E-state index contributed by atoms with van der Waals surface area (Å²) < 4.78 is 5.47. The van der Waals surface area contributed by atoms with Gasteiger partial charge in [0.15, 0.2) is 0 Å². The number of unbranched alkanes of at least 4 members (excludes halogenated alkanes) is 2. The van der Waals surface area contributed by atoms with E-state index in [1.807, 2.05) is 0 Å². The normalized spacial score (nSPS) is 10.0. The molecule has 0 aliphatic heterocycles. The molecular weight excluding hydrogens is 188 g/mol. The molecule has 0 aromatic heterocycles. The van der Waals surface area contributed by atoms with E-state index in [9.17, 15) is 0 Å². The summed E-state index contributed by atoms with van der Waals surface area (Å²) in [5, 5.41) is 0. The van der Waals surface area contributed by atoms with Gasteiger partial charge in [-0.2, -0.15) is 0 Å². The molecule has 0 aromatic carbocycles. The van der Waals surface area contributed by atoms with E-state index in [4.69, 9.17) is 16.2 Å². The highest BCUT2D eigenvalue weighted by Crippen LogP contribution is 2.14. The minimum Gasteiger partial charge on any atom is -0.467 e. The topological polar surface area (TPSA) is 61.3 Å². The molecule has 0 aliphatic carbocycles. The Bertz CT molecular complexity index is 170. The van der Waals surface area contributed by atoms with Crippen molar-refractivity contribution in [2.45, 2.75) is 38.5 Å². The van der Waals surface area contributed by atoms with E-state index in [2.05, 4.69) is 13.2 Å². The molecule has 15 heavy (non-hydrogen) atoms. The molecule has 0 aliphatic rings. The van der Waals surface area contributed by atoms with Crippen LogP contribution in [-0.4, -0.2) is 13.1 Å². The summed E-state index contributed by atoms with van der Waals surface area (Å²) in [5.41, 5.74) is 10.8. The molecule has 0 spiro atoms. The maximum Gasteiger partial charge on any atom is 0.0964 e. The molecule has 0 aromatic rings. The number of hydrogen-bond donors (Lipinski definition) is 2. The van der Waals surface area contributed by atoms with Crippen molar-refractivity contribution in [3.63, 3.8) is 0 Å². The van der Waals surface area contributed by atoms with Crippen LogP contribution in [0.25, 0.3) is 0 Å². The quantitative estimate of drug-likeness (QED) is 0.431. The molecule has 0 radical (unpaired) electrons. The zero-order chi connectivity index (χ0) is 11.5. The monoisotopic (exact) mass is 212 g/mol. The molecular formula is C12H24N2O. The summed E-state index contributed by atoms with van der Waals surface area (Å²) >= 11 is 0. The van der Waals surface area contributed by atoms with Gasteiger partial charge < -0.3 is 16.2 Å². The molecule has 3 heteroatoms. The Kier molecular flexibility index (Phi) is 9.22. The van der Waals surface area contributed by atoms with Gasteiger partial charge in [0.25, 0.3) is 0 Å². The highest BCUT2D eigenvalue weighted by Gasteiger charge is 1.99. The summed E-state index contributed by atoms with van der Waals surface area (Å²) in [4.78, 5) is 0. The Hall–Kier alpha value is -0.800. The molecule has 0 bridgehead atoms. The van der Waals surface area contributed by atoms with Crippen molar-refractivity contribution in [1.29, 1.82) is 0 Å². The largest absolute Gasteiger partial charge is 0.467 e. The van der Waals surface area contributed by atoms with Gasteiger partial charge in [0.05, 0.1) is 11.5 Å². The van der Waals surface area contributed by atoms with Gasteiger partial charge in [-0.25, -0.2) is 0 Å². The van der Waals surface area contributed by atoms with Crippen molar-refractivity contribution in [1.82, 2.24) is 0 Å². The molecule has 3 nitrogen and oxygen atoms in total. The van der Waals surface area contributed by atoms with Gasteiger partial charge in [0.2, 0.25) is 0 Å². The van der Waals surface area contributed by atoms with Crippen molar-refractivity contribution >= 4 is 0 Å². The molecule has 0 rings (SSSR count). The zero-order valence-electron chi connectivity index (χ0n) is 9.63. The van der Waals surface area contributed by atoms with Crippen molar-refractivity contribution in [3.8, 4) is 0 Å². The van der Waals surface area contributed by atoms with Gasteiger partial charge in [-0.05, 0) is 38.8 Å². The van der Waals surface area contributed by atoms with Crippen LogP contribution >= 0.6 is 0 Å². The van der Waals surface area contributed by atoms with Gasteiger partial charge in [0.1, 0.15) is 0 Å². The molecule has 0 atom stereocenters. The zero-order valence-corrected chi connectivity index (χ0v) is 9.63. The predicted molar refractivity (Wildman–Crippen MR) is 65.2 cm³/mol. The van der Waals surface area contributed by atoms with E-state index >= 15 is 0 Å². The minimum absolute atomic E-state index is 0.727. The lowest BCUT2D eigenvalue weighted by molar-refractivity contribution is 0.275. The predicted octanol–water partition coefficient (Wildman–Crippen LogP) is 2.29. The van der Waals surface area contributed by atoms with E-state index in [0.29, 0.717) is 0 Å². The van der Waals surface area contributed by atoms with E-state index in [1.165, 1.54) is 0 Å². The second kappa shape index (κ2) is 9.74. The summed E-state index contributed by atoms with van der Waals surface area (Å²) in [5.74, 6) is 1.59. The fraction of sp³-hybridized carbons (Fsp3) is 0.667. The lowest BCUT2D eigenvalue weighted by Gasteiger charge is -2.10. The van der Waals surface area contributed by atoms with E-state index in [1.54, 1.807) is 0 Å². The van der Waals surface area contributed by atoms with Crippen molar-refractivity contribution in [2.75, 3.05) is 13.1 Å². The molecule has 0 amide bonds. The smallest absolute Gasteiger partial charge is 0.0964 e. The van der Waals surface area contributed by atoms with Crippen LogP contribution in [0.3, 0.4) is 0 Å². The maximum absolute atomic E-state index is 5.47. The average molecular weight is 212 g/mol. The highest BCUT2D eigenvalue weighted by molar-refractivity contribution is 4.93. The molecule has 0 saturated heterocycles. The fourth-order valence-corrected chi connectivity index (χ4v) is 1.24. The third kappa shape index (κ3) is 9.50. The number of allylic oxidation sites excluding steroid dienone is 2. The Morgan fingerprint density at radius 3 is 1.53 bits per heavy atom. The number of nitrogens with two attached hydrogens (primary N) is 2. The van der Waals surface area contributed by atoms with Crippen molar-refractivity contribution in [2.24, 2.45) is 11.5 Å². The Labute approximate surface area is 93.2 Å². The first-order chi connectivity index (χ1) is 7.20. The van der Waals surface area contributed by atoms with E-state index < -0.39 is 0 Å². The average Bonchev–Trinajstić information content (AvgIpc) is 2.18. The van der Waals surface area contributed by atoms with Gasteiger partial charge in [-0.1, -0.05) is 13.2 Å². The van der Waals surface area contributed by atoms with Crippen LogP contribution in [-0.2, 0) is 4.74 Å². The van der Waals surface area contributed by atoms with Crippen LogP contribution in [0.4, 0.5) is 0 Å². The third-order valence-corrected chi connectivity index (χ3v) is 2.11. The summed E-state index contributed by atoms with van der Waals surface area (Å²) in [7, 11) is 0. The van der Waals surface area contributed by atoms with Crippen LogP contribution in [0.5, 0.6) is 0 Å². The molecule has 0 heterocycles. The molecule has 4 N–H and O–H groups in total. The summed E-state index contributed by atoms with van der Waals surface area (Å²) in [6.45, 7) is 9.15. The van der Waals surface area contributed by atoms with Gasteiger partial charge in [-0.3, -0.25) is 0 Å². The van der Waals surface area contributed by atoms with Gasteiger partial charge in [0, 0.05) is 12.8 Å². The minimum atomic E-state index is 0.727. The fourth-order valence-electron chi connectivity index (χ4n) is 1.24. The van der Waals surface area contributed by atoms with Gasteiger partial charge >= 0.3 is 0 Å². The summed E-state index contributed by atoms with van der Waals surface area (Å²) in [6.07, 6.45) is 5.83. The Balaban J connectivity index is 3.45. The maximum atomic E-state index is 5.47. The second-order valence-corrected chi connectivity index (χ2v) is 3.67. The number of ether oxygens (including phenoxy) is 1. The molecule has 88 valence electrons. The first-order valence-electron chi connectivity index (χ1n) is 5.64. The first-order valence-corrected chi connectivity index (χ1v) is 5.64. The Morgan fingerprint density at radius 1 is 0.800 bits per heavy atom. The number of rotatable bonds is 10. The second-order valence-electron chi connectivity index (χ2n) is 3.67. The third-order valence-electron chi connectivity index (χ3n) is 2.11. The molecule has 0 fully saturated rings. The van der Waals surface area contributed by atoms with Crippen LogP contribution in [0, 0.1) is 0 Å². The molecule has 0 unspecified atom stereocenters. The van der Waals surface area contributed by atoms with Crippen LogP contribution < -0.4 is 11.5 Å². The molecule has 0 saturated carbocycles. The van der Waals surface area contributed by atoms with Crippen LogP contribution in [0.1, 0.15) is 38.5 Å². The highest BCUT2D eigenvalue weighted by atomic mass is 16.5. The SMILES string of the molecule is C=C(CCCCN)OC(=C)CCCCN. The first kappa shape index (κ1) is 14.2. The standard InChI is InChI=1S/C12H24N2O/c1-11(7-3-5-9-13)15-12(2)8-4-6-10-14/h1-10,13-14H2. The lowest BCUT2D eigenvalue weighted by atomic mass is 10.2.